The van der Waals surface area contributed by atoms with Crippen LogP contribution in [0.15, 0.2) is 12.1 Å². The second-order valence-corrected chi connectivity index (χ2v) is 5.58. The predicted molar refractivity (Wildman–Crippen MR) is 72.0 cm³/mol. The lowest BCUT2D eigenvalue weighted by atomic mass is 10.1. The maximum Gasteiger partial charge on any atom is 0.0882 e. The van der Waals surface area contributed by atoms with Crippen molar-refractivity contribution < 1.29 is 5.11 Å². The Balaban J connectivity index is 2.21. The second kappa shape index (κ2) is 7.86. The van der Waals surface area contributed by atoms with Gasteiger partial charge in [0.25, 0.3) is 0 Å². The number of hydrogen-bond donors (Lipinski definition) is 1. The van der Waals surface area contributed by atoms with Gasteiger partial charge in [-0.15, -0.1) is 11.3 Å². The molecule has 0 aliphatic rings. The Morgan fingerprint density at radius 1 is 1.12 bits per heavy atom. The van der Waals surface area contributed by atoms with Crippen molar-refractivity contribution in [3.05, 3.63) is 21.9 Å². The zero-order valence-electron chi connectivity index (χ0n) is 10.5. The number of aliphatic hydroxyl groups is 1. The van der Waals surface area contributed by atoms with E-state index in [2.05, 4.69) is 26.0 Å². The maximum atomic E-state index is 10.00. The van der Waals surface area contributed by atoms with Crippen LogP contribution in [0.25, 0.3) is 0 Å². The molecule has 2 heteroatoms. The van der Waals surface area contributed by atoms with Crippen molar-refractivity contribution >= 4 is 11.3 Å². The minimum atomic E-state index is -0.230. The van der Waals surface area contributed by atoms with Gasteiger partial charge in [0.2, 0.25) is 0 Å². The number of hydrogen-bond acceptors (Lipinski definition) is 2. The number of thiophene rings is 1. The van der Waals surface area contributed by atoms with Crippen LogP contribution >= 0.6 is 11.3 Å². The topological polar surface area (TPSA) is 20.2 Å². The van der Waals surface area contributed by atoms with Crippen LogP contribution in [0.1, 0.15) is 68.2 Å². The second-order valence-electron chi connectivity index (χ2n) is 4.38. The molecule has 92 valence electrons. The highest BCUT2D eigenvalue weighted by Gasteiger charge is 2.09. The SMILES string of the molecule is CCCCCCCC(O)c1ccc(CC)s1. The monoisotopic (exact) mass is 240 g/mol. The summed E-state index contributed by atoms with van der Waals surface area (Å²) in [4.78, 5) is 2.52. The molecule has 0 fully saturated rings. The van der Waals surface area contributed by atoms with Gasteiger partial charge in [0.1, 0.15) is 0 Å². The van der Waals surface area contributed by atoms with Crippen LogP contribution in [0.2, 0.25) is 0 Å². The molecule has 16 heavy (non-hydrogen) atoms. The summed E-state index contributed by atoms with van der Waals surface area (Å²) >= 11 is 1.76. The van der Waals surface area contributed by atoms with Gasteiger partial charge in [-0.25, -0.2) is 0 Å². The van der Waals surface area contributed by atoms with Crippen molar-refractivity contribution in [3.63, 3.8) is 0 Å². The van der Waals surface area contributed by atoms with E-state index in [1.165, 1.54) is 30.6 Å². The van der Waals surface area contributed by atoms with Gasteiger partial charge >= 0.3 is 0 Å². The van der Waals surface area contributed by atoms with Crippen LogP contribution in [0.3, 0.4) is 0 Å². The molecule has 0 spiro atoms. The Labute approximate surface area is 104 Å². The van der Waals surface area contributed by atoms with Gasteiger partial charge < -0.3 is 5.11 Å². The summed E-state index contributed by atoms with van der Waals surface area (Å²) < 4.78 is 0. The zero-order chi connectivity index (χ0) is 11.8. The fourth-order valence-electron chi connectivity index (χ4n) is 1.85. The third kappa shape index (κ3) is 4.67. The van der Waals surface area contributed by atoms with Crippen molar-refractivity contribution in [1.29, 1.82) is 0 Å². The summed E-state index contributed by atoms with van der Waals surface area (Å²) in [5.41, 5.74) is 0. The minimum Gasteiger partial charge on any atom is -0.388 e. The average Bonchev–Trinajstić information content (AvgIpc) is 2.77. The van der Waals surface area contributed by atoms with Crippen molar-refractivity contribution in [2.45, 2.75) is 64.9 Å². The fourth-order valence-corrected chi connectivity index (χ4v) is 2.82. The van der Waals surface area contributed by atoms with Gasteiger partial charge in [-0.2, -0.15) is 0 Å². The lowest BCUT2D eigenvalue weighted by Crippen LogP contribution is -1.94. The fraction of sp³-hybridized carbons (Fsp3) is 0.714. The quantitative estimate of drug-likeness (QED) is 0.653. The smallest absolute Gasteiger partial charge is 0.0882 e. The van der Waals surface area contributed by atoms with Crippen LogP contribution in [-0.2, 0) is 6.42 Å². The number of aliphatic hydroxyl groups excluding tert-OH is 1. The van der Waals surface area contributed by atoms with E-state index >= 15 is 0 Å². The molecule has 1 aromatic heterocycles. The molecule has 1 heterocycles. The summed E-state index contributed by atoms with van der Waals surface area (Å²) in [6.45, 7) is 4.39. The standard InChI is InChI=1S/C14H24OS/c1-3-5-6-7-8-9-13(15)14-11-10-12(4-2)16-14/h10-11,13,15H,3-9H2,1-2H3. The van der Waals surface area contributed by atoms with E-state index in [-0.39, 0.29) is 6.10 Å². The van der Waals surface area contributed by atoms with Gasteiger partial charge in [0, 0.05) is 9.75 Å². The molecule has 1 unspecified atom stereocenters. The van der Waals surface area contributed by atoms with Gasteiger partial charge in [0.05, 0.1) is 6.10 Å². The highest BCUT2D eigenvalue weighted by molar-refractivity contribution is 7.12. The van der Waals surface area contributed by atoms with Crippen molar-refractivity contribution in [2.24, 2.45) is 0 Å². The van der Waals surface area contributed by atoms with E-state index < -0.39 is 0 Å². The Bertz CT molecular complexity index is 280. The van der Waals surface area contributed by atoms with E-state index in [1.54, 1.807) is 11.3 Å². The Kier molecular flexibility index (Phi) is 6.74. The summed E-state index contributed by atoms with van der Waals surface area (Å²) in [5.74, 6) is 0. The third-order valence-electron chi connectivity index (χ3n) is 2.94. The predicted octanol–water partition coefficient (Wildman–Crippen LogP) is 4.70. The number of unbranched alkanes of at least 4 members (excludes halogenated alkanes) is 4. The van der Waals surface area contributed by atoms with Crippen LogP contribution in [0.5, 0.6) is 0 Å². The van der Waals surface area contributed by atoms with Crippen LogP contribution in [0, 0.1) is 0 Å². The van der Waals surface area contributed by atoms with Gasteiger partial charge in [-0.05, 0) is 25.0 Å². The summed E-state index contributed by atoms with van der Waals surface area (Å²) in [5, 5.41) is 10.00. The molecule has 1 nitrogen and oxygen atoms in total. The number of aryl methyl sites for hydroxylation is 1. The van der Waals surface area contributed by atoms with Crippen molar-refractivity contribution in [2.75, 3.05) is 0 Å². The maximum absolute atomic E-state index is 10.00. The van der Waals surface area contributed by atoms with E-state index in [0.717, 1.165) is 24.1 Å². The van der Waals surface area contributed by atoms with Crippen LogP contribution < -0.4 is 0 Å². The molecule has 0 saturated carbocycles. The lowest BCUT2D eigenvalue weighted by molar-refractivity contribution is 0.167. The Morgan fingerprint density at radius 2 is 1.88 bits per heavy atom. The van der Waals surface area contributed by atoms with E-state index in [1.807, 2.05) is 0 Å². The van der Waals surface area contributed by atoms with Crippen molar-refractivity contribution in [1.82, 2.24) is 0 Å². The van der Waals surface area contributed by atoms with Crippen LogP contribution in [-0.4, -0.2) is 5.11 Å². The first kappa shape index (κ1) is 13.7. The molecule has 0 aliphatic heterocycles. The summed E-state index contributed by atoms with van der Waals surface area (Å²) in [6.07, 6.45) is 8.11. The largest absolute Gasteiger partial charge is 0.388 e. The average molecular weight is 240 g/mol. The molecular weight excluding hydrogens is 216 g/mol. The molecular formula is C14H24OS. The van der Waals surface area contributed by atoms with Crippen LogP contribution in [0.4, 0.5) is 0 Å². The van der Waals surface area contributed by atoms with Gasteiger partial charge in [0.15, 0.2) is 0 Å². The molecule has 0 aromatic carbocycles. The molecule has 1 atom stereocenters. The molecule has 1 rings (SSSR count). The molecule has 0 amide bonds. The Hall–Kier alpha value is -0.340. The van der Waals surface area contributed by atoms with E-state index in [0.29, 0.717) is 0 Å². The molecule has 0 radical (unpaired) electrons. The highest BCUT2D eigenvalue weighted by atomic mass is 32.1. The zero-order valence-corrected chi connectivity index (χ0v) is 11.4. The lowest BCUT2D eigenvalue weighted by Gasteiger charge is -2.07. The molecule has 1 aromatic rings. The summed E-state index contributed by atoms with van der Waals surface area (Å²) in [7, 11) is 0. The normalized spacial score (nSPS) is 12.9. The van der Waals surface area contributed by atoms with E-state index in [4.69, 9.17) is 0 Å². The van der Waals surface area contributed by atoms with E-state index in [9.17, 15) is 5.11 Å². The molecule has 0 aliphatic carbocycles. The highest BCUT2D eigenvalue weighted by Crippen LogP contribution is 2.27. The third-order valence-corrected chi connectivity index (χ3v) is 4.27. The number of rotatable bonds is 8. The molecule has 0 saturated heterocycles. The summed E-state index contributed by atoms with van der Waals surface area (Å²) in [6, 6.07) is 4.22. The first-order valence-corrected chi connectivity index (χ1v) is 7.36. The molecule has 1 N–H and O–H groups in total. The van der Waals surface area contributed by atoms with Gasteiger partial charge in [-0.1, -0.05) is 46.0 Å². The first-order chi connectivity index (χ1) is 7.77. The first-order valence-electron chi connectivity index (χ1n) is 6.54. The van der Waals surface area contributed by atoms with Gasteiger partial charge in [-0.3, -0.25) is 0 Å². The van der Waals surface area contributed by atoms with Crippen molar-refractivity contribution in [3.8, 4) is 0 Å². The Morgan fingerprint density at radius 3 is 2.50 bits per heavy atom. The minimum absolute atomic E-state index is 0.230. The molecule has 0 bridgehead atoms.